The third-order valence-electron chi connectivity index (χ3n) is 2.41. The fraction of sp³-hybridized carbons (Fsp3) is 0.0769. The van der Waals surface area contributed by atoms with Crippen LogP contribution in [0.15, 0.2) is 51.8 Å². The molecule has 0 aliphatic rings. The van der Waals surface area contributed by atoms with Crippen LogP contribution in [0.25, 0.3) is 0 Å². The smallest absolute Gasteiger partial charge is 0.258 e. The van der Waals surface area contributed by atoms with E-state index in [2.05, 4.69) is 15.9 Å². The number of benzene rings is 2. The van der Waals surface area contributed by atoms with Crippen molar-refractivity contribution in [2.45, 2.75) is 10.6 Å². The van der Waals surface area contributed by atoms with Crippen molar-refractivity contribution in [3.8, 4) is 0 Å². The first-order chi connectivity index (χ1) is 9.06. The minimum absolute atomic E-state index is 0.490. The molecular weight excluding hydrogens is 333 g/mol. The fourth-order valence-electron chi connectivity index (χ4n) is 1.51. The number of hydrogen-bond donors (Lipinski definition) is 0. The van der Waals surface area contributed by atoms with E-state index in [-0.39, 0.29) is 0 Å². The number of hydrogen-bond acceptors (Lipinski definition) is 3. The van der Waals surface area contributed by atoms with E-state index in [0.29, 0.717) is 11.3 Å². The predicted molar refractivity (Wildman–Crippen MR) is 76.8 cm³/mol. The summed E-state index contributed by atoms with van der Waals surface area (Å²) < 4.78 is 14.4. The van der Waals surface area contributed by atoms with Gasteiger partial charge in [-0.05, 0) is 29.8 Å². The Morgan fingerprint density at radius 2 is 2.05 bits per heavy atom. The molecular formula is C13H9BrFNO2S. The van der Waals surface area contributed by atoms with Gasteiger partial charge < -0.3 is 0 Å². The van der Waals surface area contributed by atoms with Crippen molar-refractivity contribution in [2.24, 2.45) is 0 Å². The number of thioether (sulfide) groups is 1. The Hall–Kier alpha value is -1.40. The molecule has 0 fully saturated rings. The van der Waals surface area contributed by atoms with Gasteiger partial charge in [0, 0.05) is 21.2 Å². The summed E-state index contributed by atoms with van der Waals surface area (Å²) in [4.78, 5) is 10.8. The Balaban J connectivity index is 2.08. The van der Waals surface area contributed by atoms with Gasteiger partial charge >= 0.3 is 5.69 Å². The molecule has 0 saturated heterocycles. The van der Waals surface area contributed by atoms with Crippen LogP contribution in [0.1, 0.15) is 5.56 Å². The first-order valence-corrected chi connectivity index (χ1v) is 7.15. The lowest BCUT2D eigenvalue weighted by Gasteiger charge is -2.03. The predicted octanol–water partition coefficient (Wildman–Crippen LogP) is 4.79. The van der Waals surface area contributed by atoms with Gasteiger partial charge in [0.2, 0.25) is 5.82 Å². The van der Waals surface area contributed by atoms with Crippen LogP contribution in [-0.2, 0) is 5.75 Å². The molecule has 2 rings (SSSR count). The standard InChI is InChI=1S/C13H9BrFNO2S/c14-10-2-1-3-11(7-10)19-8-9-4-5-13(16(17)18)12(15)6-9/h1-7H,8H2. The highest BCUT2D eigenvalue weighted by Crippen LogP contribution is 2.27. The normalized spacial score (nSPS) is 10.4. The van der Waals surface area contributed by atoms with E-state index in [1.165, 1.54) is 12.1 Å². The highest BCUT2D eigenvalue weighted by atomic mass is 79.9. The average Bonchev–Trinajstić information content (AvgIpc) is 2.36. The Morgan fingerprint density at radius 1 is 1.26 bits per heavy atom. The lowest BCUT2D eigenvalue weighted by molar-refractivity contribution is -0.387. The lowest BCUT2D eigenvalue weighted by Crippen LogP contribution is -1.93. The van der Waals surface area contributed by atoms with Gasteiger partial charge in [-0.25, -0.2) is 0 Å². The van der Waals surface area contributed by atoms with Gasteiger partial charge in [0.15, 0.2) is 0 Å². The Labute approximate surface area is 122 Å². The summed E-state index contributed by atoms with van der Waals surface area (Å²) in [5, 5.41) is 10.5. The Morgan fingerprint density at radius 3 is 2.68 bits per heavy atom. The van der Waals surface area contributed by atoms with Crippen molar-refractivity contribution < 1.29 is 9.31 Å². The van der Waals surface area contributed by atoms with E-state index in [1.807, 2.05) is 24.3 Å². The van der Waals surface area contributed by atoms with Crippen molar-refractivity contribution in [3.05, 3.63) is 68.4 Å². The van der Waals surface area contributed by atoms with Crippen LogP contribution >= 0.6 is 27.7 Å². The van der Waals surface area contributed by atoms with Gasteiger partial charge in [-0.1, -0.05) is 28.1 Å². The summed E-state index contributed by atoms with van der Waals surface area (Å²) in [6, 6.07) is 11.8. The zero-order valence-corrected chi connectivity index (χ0v) is 12.1. The SMILES string of the molecule is O=[N+]([O-])c1ccc(CSc2cccc(Br)c2)cc1F. The Kier molecular flexibility index (Phi) is 4.55. The third-order valence-corrected chi connectivity index (χ3v) is 3.97. The molecule has 2 aromatic carbocycles. The maximum Gasteiger partial charge on any atom is 0.304 e. The number of nitro benzene ring substituents is 1. The lowest BCUT2D eigenvalue weighted by atomic mass is 10.2. The molecule has 0 heterocycles. The van der Waals surface area contributed by atoms with E-state index >= 15 is 0 Å². The van der Waals surface area contributed by atoms with Crippen LogP contribution in [-0.4, -0.2) is 4.92 Å². The minimum Gasteiger partial charge on any atom is -0.258 e. The number of rotatable bonds is 4. The molecule has 0 unspecified atom stereocenters. The largest absolute Gasteiger partial charge is 0.304 e. The van der Waals surface area contributed by atoms with E-state index in [4.69, 9.17) is 0 Å². The van der Waals surface area contributed by atoms with Crippen molar-refractivity contribution >= 4 is 33.4 Å². The summed E-state index contributed by atoms with van der Waals surface area (Å²) in [6.07, 6.45) is 0. The molecule has 0 bridgehead atoms. The first kappa shape index (κ1) is 14.0. The summed E-state index contributed by atoms with van der Waals surface area (Å²) in [5.41, 5.74) is 0.226. The summed E-state index contributed by atoms with van der Waals surface area (Å²) in [5.74, 6) is -0.233. The highest BCUT2D eigenvalue weighted by Gasteiger charge is 2.13. The zero-order chi connectivity index (χ0) is 13.8. The maximum atomic E-state index is 13.4. The molecule has 6 heteroatoms. The van der Waals surface area contributed by atoms with Crippen LogP contribution in [0.3, 0.4) is 0 Å². The molecule has 19 heavy (non-hydrogen) atoms. The topological polar surface area (TPSA) is 43.1 Å². The molecule has 0 atom stereocenters. The van der Waals surface area contributed by atoms with E-state index in [0.717, 1.165) is 9.37 Å². The number of halogens is 2. The van der Waals surface area contributed by atoms with Gasteiger partial charge in [-0.2, -0.15) is 4.39 Å². The van der Waals surface area contributed by atoms with E-state index in [9.17, 15) is 14.5 Å². The molecule has 0 spiro atoms. The molecule has 0 aromatic heterocycles. The summed E-state index contributed by atoms with van der Waals surface area (Å²) in [6.45, 7) is 0. The summed E-state index contributed by atoms with van der Waals surface area (Å²) >= 11 is 4.92. The highest BCUT2D eigenvalue weighted by molar-refractivity contribution is 9.10. The first-order valence-electron chi connectivity index (χ1n) is 5.37. The third kappa shape index (κ3) is 3.78. The summed E-state index contributed by atoms with van der Waals surface area (Å²) in [7, 11) is 0. The van der Waals surface area contributed by atoms with Gasteiger partial charge in [0.05, 0.1) is 4.92 Å². The minimum atomic E-state index is -0.794. The van der Waals surface area contributed by atoms with Crippen LogP contribution in [0, 0.1) is 15.9 Å². The second-order valence-corrected chi connectivity index (χ2v) is 5.75. The van der Waals surface area contributed by atoms with Crippen molar-refractivity contribution in [2.75, 3.05) is 0 Å². The van der Waals surface area contributed by atoms with Gasteiger partial charge in [-0.15, -0.1) is 11.8 Å². The van der Waals surface area contributed by atoms with Gasteiger partial charge in [-0.3, -0.25) is 10.1 Å². The van der Waals surface area contributed by atoms with Crippen LogP contribution in [0.5, 0.6) is 0 Å². The molecule has 0 N–H and O–H groups in total. The van der Waals surface area contributed by atoms with Crippen molar-refractivity contribution in [3.63, 3.8) is 0 Å². The van der Waals surface area contributed by atoms with Crippen LogP contribution in [0.4, 0.5) is 10.1 Å². The number of nitro groups is 1. The monoisotopic (exact) mass is 341 g/mol. The Bertz CT molecular complexity index is 621. The second kappa shape index (κ2) is 6.16. The molecule has 3 nitrogen and oxygen atoms in total. The zero-order valence-electron chi connectivity index (χ0n) is 9.68. The van der Waals surface area contributed by atoms with Gasteiger partial charge in [0.25, 0.3) is 0 Å². The van der Waals surface area contributed by atoms with Crippen molar-refractivity contribution in [1.82, 2.24) is 0 Å². The van der Waals surface area contributed by atoms with Gasteiger partial charge in [0.1, 0.15) is 0 Å². The molecule has 0 radical (unpaired) electrons. The molecule has 0 amide bonds. The van der Waals surface area contributed by atoms with E-state index in [1.54, 1.807) is 17.8 Å². The molecule has 2 aromatic rings. The van der Waals surface area contributed by atoms with Crippen LogP contribution < -0.4 is 0 Å². The molecule has 0 aliphatic carbocycles. The molecule has 0 saturated carbocycles. The van der Waals surface area contributed by atoms with Crippen LogP contribution in [0.2, 0.25) is 0 Å². The van der Waals surface area contributed by atoms with Crippen molar-refractivity contribution in [1.29, 1.82) is 0 Å². The maximum absolute atomic E-state index is 13.4. The number of nitrogens with zero attached hydrogens (tertiary/aromatic N) is 1. The molecule has 98 valence electrons. The fourth-order valence-corrected chi connectivity index (χ4v) is 2.96. The molecule has 0 aliphatic heterocycles. The average molecular weight is 342 g/mol. The van der Waals surface area contributed by atoms with E-state index < -0.39 is 16.4 Å². The second-order valence-electron chi connectivity index (χ2n) is 3.79. The quantitative estimate of drug-likeness (QED) is 0.456.